The molecule has 1 aromatic carbocycles. The molecule has 0 bridgehead atoms. The molecule has 0 aliphatic carbocycles. The molecule has 2 aliphatic rings. The number of carbonyl (C=O) groups is 1. The van der Waals surface area contributed by atoms with Crippen molar-refractivity contribution in [2.45, 2.75) is 25.4 Å². The van der Waals surface area contributed by atoms with Crippen LogP contribution in [0.15, 0.2) is 12.1 Å². The fraction of sp³-hybridized carbons (Fsp3) is 0.500. The number of ether oxygens (including phenoxy) is 3. The lowest BCUT2D eigenvalue weighted by atomic mass is 10.0. The van der Waals surface area contributed by atoms with Crippen molar-refractivity contribution in [1.82, 2.24) is 0 Å². The molecule has 0 aromatic heterocycles. The number of fused-ring (bicyclic) bond motifs is 1. The smallest absolute Gasteiger partial charge is 0.256 e. The summed E-state index contributed by atoms with van der Waals surface area (Å²) >= 11 is 0. The predicted molar refractivity (Wildman–Crippen MR) is 74.1 cm³/mol. The highest BCUT2D eigenvalue weighted by Crippen LogP contribution is 2.37. The zero-order valence-corrected chi connectivity index (χ0v) is 11.4. The first-order valence-electron chi connectivity index (χ1n) is 6.73. The van der Waals surface area contributed by atoms with Gasteiger partial charge in [-0.1, -0.05) is 0 Å². The van der Waals surface area contributed by atoms with Crippen molar-refractivity contribution >= 4 is 17.3 Å². The van der Waals surface area contributed by atoms with Crippen molar-refractivity contribution in [3.63, 3.8) is 0 Å². The molecule has 0 spiro atoms. The summed E-state index contributed by atoms with van der Waals surface area (Å²) in [7, 11) is 0. The lowest BCUT2D eigenvalue weighted by Gasteiger charge is -2.24. The molecule has 3 rings (SSSR count). The van der Waals surface area contributed by atoms with Gasteiger partial charge in [0.25, 0.3) is 5.91 Å². The lowest BCUT2D eigenvalue weighted by molar-refractivity contribution is -0.133. The van der Waals surface area contributed by atoms with Gasteiger partial charge in [0.05, 0.1) is 11.4 Å². The number of carbonyl (C=O) groups excluding carboxylic acids is 1. The van der Waals surface area contributed by atoms with Gasteiger partial charge in [-0.05, 0) is 19.8 Å². The van der Waals surface area contributed by atoms with Crippen LogP contribution in [0.2, 0.25) is 0 Å². The Bertz CT molecular complexity index is 538. The number of hydrogen-bond donors (Lipinski definition) is 2. The third-order valence-electron chi connectivity index (χ3n) is 3.66. The maximum atomic E-state index is 12.3. The zero-order chi connectivity index (χ0) is 14.2. The molecule has 2 aliphatic heterocycles. The molecule has 1 aromatic rings. The molecule has 1 amide bonds. The molecule has 6 heteroatoms. The molecule has 1 saturated heterocycles. The number of nitrogens with one attached hydrogen (secondary N) is 1. The van der Waals surface area contributed by atoms with E-state index in [-0.39, 0.29) is 5.91 Å². The first kappa shape index (κ1) is 13.1. The summed E-state index contributed by atoms with van der Waals surface area (Å²) in [5, 5.41) is 2.82. The highest BCUT2D eigenvalue weighted by atomic mass is 16.6. The summed E-state index contributed by atoms with van der Waals surface area (Å²) in [5.41, 5.74) is 6.14. The maximum absolute atomic E-state index is 12.3. The minimum absolute atomic E-state index is 0.182. The Kier molecular flexibility index (Phi) is 3.17. The standard InChI is InChI=1S/C14H18N2O4/c1-14(3-2-4-20-14)13(17)16-10-8-12-11(7-9(10)15)18-5-6-19-12/h7-8H,2-6,15H2,1H3,(H,16,17). The number of nitrogens with two attached hydrogens (primary N) is 1. The van der Waals surface area contributed by atoms with E-state index in [2.05, 4.69) is 5.32 Å². The van der Waals surface area contributed by atoms with E-state index in [9.17, 15) is 4.79 Å². The van der Waals surface area contributed by atoms with Gasteiger partial charge < -0.3 is 25.3 Å². The molecule has 0 saturated carbocycles. The van der Waals surface area contributed by atoms with Crippen molar-refractivity contribution in [2.24, 2.45) is 0 Å². The quantitative estimate of drug-likeness (QED) is 0.802. The lowest BCUT2D eigenvalue weighted by Crippen LogP contribution is -2.39. The van der Waals surface area contributed by atoms with Gasteiger partial charge in [-0.3, -0.25) is 4.79 Å². The molecule has 1 fully saturated rings. The number of anilines is 2. The topological polar surface area (TPSA) is 82.8 Å². The maximum Gasteiger partial charge on any atom is 0.256 e. The summed E-state index contributed by atoms with van der Waals surface area (Å²) < 4.78 is 16.4. The van der Waals surface area contributed by atoms with E-state index in [4.69, 9.17) is 19.9 Å². The van der Waals surface area contributed by atoms with Crippen LogP contribution in [-0.2, 0) is 9.53 Å². The number of hydrogen-bond acceptors (Lipinski definition) is 5. The second-order valence-electron chi connectivity index (χ2n) is 5.22. The summed E-state index contributed by atoms with van der Waals surface area (Å²) in [5.74, 6) is 1.02. The van der Waals surface area contributed by atoms with Gasteiger partial charge in [-0.2, -0.15) is 0 Å². The Morgan fingerprint density at radius 3 is 2.60 bits per heavy atom. The molecule has 0 radical (unpaired) electrons. The van der Waals surface area contributed by atoms with Crippen LogP contribution in [0.1, 0.15) is 19.8 Å². The Labute approximate surface area is 117 Å². The second-order valence-corrected chi connectivity index (χ2v) is 5.22. The van der Waals surface area contributed by atoms with Gasteiger partial charge in [0.15, 0.2) is 11.5 Å². The zero-order valence-electron chi connectivity index (χ0n) is 11.4. The van der Waals surface area contributed by atoms with Crippen LogP contribution in [0.3, 0.4) is 0 Å². The minimum Gasteiger partial charge on any atom is -0.486 e. The predicted octanol–water partition coefficient (Wildman–Crippen LogP) is 1.55. The van der Waals surface area contributed by atoms with Crippen LogP contribution in [0.5, 0.6) is 11.5 Å². The van der Waals surface area contributed by atoms with Crippen molar-refractivity contribution in [3.05, 3.63) is 12.1 Å². The van der Waals surface area contributed by atoms with Crippen molar-refractivity contribution in [1.29, 1.82) is 0 Å². The molecule has 1 atom stereocenters. The normalized spacial score (nSPS) is 24.4. The van der Waals surface area contributed by atoms with E-state index in [1.165, 1.54) is 0 Å². The Morgan fingerprint density at radius 1 is 1.25 bits per heavy atom. The van der Waals surface area contributed by atoms with E-state index in [0.717, 1.165) is 6.42 Å². The fourth-order valence-corrected chi connectivity index (χ4v) is 2.43. The first-order valence-corrected chi connectivity index (χ1v) is 6.73. The molecule has 108 valence electrons. The van der Waals surface area contributed by atoms with E-state index in [1.54, 1.807) is 19.1 Å². The van der Waals surface area contributed by atoms with Crippen LogP contribution < -0.4 is 20.5 Å². The molecule has 2 heterocycles. The first-order chi connectivity index (χ1) is 9.58. The number of amides is 1. The summed E-state index contributed by atoms with van der Waals surface area (Å²) in [6.07, 6.45) is 1.60. The van der Waals surface area contributed by atoms with E-state index >= 15 is 0 Å². The van der Waals surface area contributed by atoms with Crippen LogP contribution in [0.25, 0.3) is 0 Å². The highest BCUT2D eigenvalue weighted by Gasteiger charge is 2.38. The summed E-state index contributed by atoms with van der Waals surface area (Å²) in [4.78, 5) is 12.3. The largest absolute Gasteiger partial charge is 0.486 e. The molecule has 1 unspecified atom stereocenters. The minimum atomic E-state index is -0.778. The monoisotopic (exact) mass is 278 g/mol. The molecule has 20 heavy (non-hydrogen) atoms. The van der Waals surface area contributed by atoms with Gasteiger partial charge in [-0.15, -0.1) is 0 Å². The van der Waals surface area contributed by atoms with Crippen molar-refractivity contribution in [2.75, 3.05) is 30.9 Å². The van der Waals surface area contributed by atoms with Crippen molar-refractivity contribution < 1.29 is 19.0 Å². The Morgan fingerprint density at radius 2 is 1.95 bits per heavy atom. The van der Waals surface area contributed by atoms with Gasteiger partial charge in [-0.25, -0.2) is 0 Å². The van der Waals surface area contributed by atoms with Crippen LogP contribution in [-0.4, -0.2) is 31.3 Å². The van der Waals surface area contributed by atoms with Gasteiger partial charge in [0.2, 0.25) is 0 Å². The number of benzene rings is 1. The molecule has 6 nitrogen and oxygen atoms in total. The second kappa shape index (κ2) is 4.86. The third kappa shape index (κ3) is 2.27. The molecular weight excluding hydrogens is 260 g/mol. The van der Waals surface area contributed by atoms with Crippen molar-refractivity contribution in [3.8, 4) is 11.5 Å². The Hall–Kier alpha value is -1.95. The average Bonchev–Trinajstić information content (AvgIpc) is 2.88. The molecular formula is C14H18N2O4. The van der Waals surface area contributed by atoms with Gasteiger partial charge in [0.1, 0.15) is 18.8 Å². The van der Waals surface area contributed by atoms with Gasteiger partial charge >= 0.3 is 0 Å². The van der Waals surface area contributed by atoms with Gasteiger partial charge in [0, 0.05) is 18.7 Å². The Balaban J connectivity index is 1.82. The summed E-state index contributed by atoms with van der Waals surface area (Å²) in [6.45, 7) is 3.40. The van der Waals surface area contributed by atoms with E-state index in [0.29, 0.717) is 49.1 Å². The van der Waals surface area contributed by atoms with E-state index in [1.807, 2.05) is 0 Å². The fourth-order valence-electron chi connectivity index (χ4n) is 2.43. The average molecular weight is 278 g/mol. The number of rotatable bonds is 2. The summed E-state index contributed by atoms with van der Waals surface area (Å²) in [6, 6.07) is 3.36. The highest BCUT2D eigenvalue weighted by molar-refractivity contribution is 5.99. The van der Waals surface area contributed by atoms with Crippen LogP contribution in [0, 0.1) is 0 Å². The van der Waals surface area contributed by atoms with Crippen LogP contribution >= 0.6 is 0 Å². The molecule has 3 N–H and O–H groups in total. The van der Waals surface area contributed by atoms with E-state index < -0.39 is 5.60 Å². The number of nitrogen functional groups attached to an aromatic ring is 1. The SMILES string of the molecule is CC1(C(=O)Nc2cc3c(cc2N)OCCO3)CCCO1. The van der Waals surface area contributed by atoms with Crippen LogP contribution in [0.4, 0.5) is 11.4 Å². The third-order valence-corrected chi connectivity index (χ3v) is 3.66.